The highest BCUT2D eigenvalue weighted by Gasteiger charge is 2.32. The minimum Gasteiger partial charge on any atom is -0.385 e. The van der Waals surface area contributed by atoms with Gasteiger partial charge in [-0.05, 0) is 81.0 Å². The van der Waals surface area contributed by atoms with Crippen molar-refractivity contribution < 1.29 is 22.7 Å². The van der Waals surface area contributed by atoms with Crippen LogP contribution in [0.1, 0.15) is 43.2 Å². The molecule has 0 unspecified atom stereocenters. The third-order valence-corrected chi connectivity index (χ3v) is 6.14. The smallest absolute Gasteiger partial charge is 0.385 e. The van der Waals surface area contributed by atoms with Crippen LogP contribution in [0.3, 0.4) is 0 Å². The Balaban J connectivity index is 1.29. The van der Waals surface area contributed by atoms with E-state index in [2.05, 4.69) is 16.0 Å². The molecule has 2 aromatic carbocycles. The fraction of sp³-hybridized carbons (Fsp3) is 0.480. The summed E-state index contributed by atoms with van der Waals surface area (Å²) in [5.41, 5.74) is 1.06. The number of rotatable bonds is 10. The van der Waals surface area contributed by atoms with Crippen molar-refractivity contribution >= 4 is 28.9 Å². The van der Waals surface area contributed by atoms with E-state index in [4.69, 9.17) is 16.3 Å². The second kappa shape index (κ2) is 12.3. The van der Waals surface area contributed by atoms with Crippen molar-refractivity contribution in [1.29, 1.82) is 0 Å². The van der Waals surface area contributed by atoms with Crippen LogP contribution in [0.4, 0.5) is 24.5 Å². The topological polar surface area (TPSA) is 62.4 Å². The summed E-state index contributed by atoms with van der Waals surface area (Å²) in [7, 11) is 0. The highest BCUT2D eigenvalue weighted by molar-refractivity contribution is 6.30. The van der Waals surface area contributed by atoms with Gasteiger partial charge in [0.25, 0.3) is 0 Å². The van der Waals surface area contributed by atoms with Gasteiger partial charge in [0.1, 0.15) is 6.61 Å². The van der Waals surface area contributed by atoms with Crippen LogP contribution in [0, 0.1) is 6.92 Å². The lowest BCUT2D eigenvalue weighted by Gasteiger charge is -2.30. The molecule has 0 saturated heterocycles. The quantitative estimate of drug-likeness (QED) is 0.351. The number of halogens is 4. The largest absolute Gasteiger partial charge is 0.416 e. The van der Waals surface area contributed by atoms with E-state index >= 15 is 0 Å². The molecular weight excluding hydrogens is 467 g/mol. The Morgan fingerprint density at radius 3 is 2.38 bits per heavy atom. The van der Waals surface area contributed by atoms with Crippen molar-refractivity contribution in [2.75, 3.05) is 30.3 Å². The molecular formula is C25H31ClF3N3O2. The second-order valence-electron chi connectivity index (χ2n) is 8.59. The molecule has 1 fully saturated rings. The normalized spacial score (nSPS) is 18.4. The molecule has 1 aliphatic carbocycles. The minimum atomic E-state index is -4.36. The second-order valence-corrected chi connectivity index (χ2v) is 9.03. The number of hydrogen-bond acceptors (Lipinski definition) is 4. The van der Waals surface area contributed by atoms with Crippen LogP contribution in [0.5, 0.6) is 0 Å². The molecule has 0 aromatic heterocycles. The molecule has 0 aliphatic heterocycles. The van der Waals surface area contributed by atoms with Gasteiger partial charge in [-0.25, -0.2) is 0 Å². The molecule has 1 amide bonds. The third kappa shape index (κ3) is 8.40. The first-order valence-electron chi connectivity index (χ1n) is 11.5. The Labute approximate surface area is 203 Å². The number of aryl methyl sites for hydroxylation is 1. The van der Waals surface area contributed by atoms with Crippen LogP contribution in [-0.4, -0.2) is 37.7 Å². The molecule has 186 valence electrons. The molecule has 0 heterocycles. The van der Waals surface area contributed by atoms with Crippen LogP contribution in [0.25, 0.3) is 0 Å². The maximum atomic E-state index is 13.1. The van der Waals surface area contributed by atoms with E-state index in [0.29, 0.717) is 17.3 Å². The van der Waals surface area contributed by atoms with E-state index in [9.17, 15) is 18.0 Å². The van der Waals surface area contributed by atoms with Gasteiger partial charge in [-0.2, -0.15) is 13.2 Å². The van der Waals surface area contributed by atoms with E-state index in [1.807, 2.05) is 24.3 Å². The lowest BCUT2D eigenvalue weighted by molar-refractivity contribution is -0.138. The SMILES string of the molecule is Cc1ccc(NC2CCC(OCC(=O)NCCCNc3ccc(Cl)cc3)CC2)cc1C(F)(F)F. The predicted octanol–water partition coefficient (Wildman–Crippen LogP) is 6.03. The van der Waals surface area contributed by atoms with Gasteiger partial charge in [0, 0.05) is 35.5 Å². The molecule has 9 heteroatoms. The lowest BCUT2D eigenvalue weighted by Crippen LogP contribution is -2.34. The monoisotopic (exact) mass is 497 g/mol. The van der Waals surface area contributed by atoms with Gasteiger partial charge in [0.05, 0.1) is 11.7 Å². The molecule has 2 aromatic rings. The highest BCUT2D eigenvalue weighted by atomic mass is 35.5. The maximum Gasteiger partial charge on any atom is 0.416 e. The van der Waals surface area contributed by atoms with Crippen LogP contribution in [0.2, 0.25) is 5.02 Å². The Morgan fingerprint density at radius 2 is 1.71 bits per heavy atom. The summed E-state index contributed by atoms with van der Waals surface area (Å²) in [6.07, 6.45) is -0.530. The summed E-state index contributed by atoms with van der Waals surface area (Å²) in [4.78, 5) is 12.0. The first-order chi connectivity index (χ1) is 16.2. The summed E-state index contributed by atoms with van der Waals surface area (Å²) in [5, 5.41) is 10.0. The van der Waals surface area contributed by atoms with Gasteiger partial charge in [-0.1, -0.05) is 17.7 Å². The summed E-state index contributed by atoms with van der Waals surface area (Å²) in [6, 6.07) is 11.9. The number of alkyl halides is 3. The van der Waals surface area contributed by atoms with Crippen molar-refractivity contribution in [2.45, 2.75) is 57.3 Å². The number of benzene rings is 2. The van der Waals surface area contributed by atoms with Crippen molar-refractivity contribution in [1.82, 2.24) is 5.32 Å². The molecule has 0 radical (unpaired) electrons. The Kier molecular flexibility index (Phi) is 9.47. The Hall–Kier alpha value is -2.45. The Bertz CT molecular complexity index is 930. The average molecular weight is 498 g/mol. The van der Waals surface area contributed by atoms with E-state index in [1.165, 1.54) is 19.1 Å². The maximum absolute atomic E-state index is 13.1. The van der Waals surface area contributed by atoms with Gasteiger partial charge in [-0.15, -0.1) is 0 Å². The van der Waals surface area contributed by atoms with E-state index in [-0.39, 0.29) is 30.2 Å². The molecule has 1 saturated carbocycles. The number of nitrogens with one attached hydrogen (secondary N) is 3. The number of carbonyl (C=O) groups excluding carboxylic acids is 1. The number of ether oxygens (including phenoxy) is 1. The molecule has 5 nitrogen and oxygen atoms in total. The van der Waals surface area contributed by atoms with E-state index in [1.54, 1.807) is 6.07 Å². The molecule has 3 N–H and O–H groups in total. The van der Waals surface area contributed by atoms with Crippen molar-refractivity contribution in [3.8, 4) is 0 Å². The Morgan fingerprint density at radius 1 is 1.03 bits per heavy atom. The predicted molar refractivity (Wildman–Crippen MR) is 129 cm³/mol. The third-order valence-electron chi connectivity index (χ3n) is 5.89. The molecule has 0 atom stereocenters. The average Bonchev–Trinajstić information content (AvgIpc) is 2.80. The minimum absolute atomic E-state index is 0.0142. The molecule has 3 rings (SSSR count). The summed E-state index contributed by atoms with van der Waals surface area (Å²) < 4.78 is 45.1. The van der Waals surface area contributed by atoms with Gasteiger partial charge in [0.2, 0.25) is 5.91 Å². The molecule has 1 aliphatic rings. The first kappa shape index (κ1) is 26.2. The van der Waals surface area contributed by atoms with Gasteiger partial charge in [0.15, 0.2) is 0 Å². The molecule has 0 bridgehead atoms. The highest BCUT2D eigenvalue weighted by Crippen LogP contribution is 2.34. The zero-order valence-corrected chi connectivity index (χ0v) is 19.9. The van der Waals surface area contributed by atoms with Crippen molar-refractivity contribution in [3.63, 3.8) is 0 Å². The summed E-state index contributed by atoms with van der Waals surface area (Å²) in [6.45, 7) is 2.75. The van der Waals surface area contributed by atoms with Gasteiger partial charge >= 0.3 is 6.18 Å². The fourth-order valence-electron chi connectivity index (χ4n) is 3.99. The first-order valence-corrected chi connectivity index (χ1v) is 11.9. The fourth-order valence-corrected chi connectivity index (χ4v) is 4.11. The van der Waals surface area contributed by atoms with E-state index < -0.39 is 11.7 Å². The van der Waals surface area contributed by atoms with Crippen LogP contribution in [0.15, 0.2) is 42.5 Å². The van der Waals surface area contributed by atoms with Crippen molar-refractivity contribution in [3.05, 3.63) is 58.6 Å². The summed E-state index contributed by atoms with van der Waals surface area (Å²) >= 11 is 5.86. The zero-order valence-electron chi connectivity index (χ0n) is 19.2. The number of hydrogen-bond donors (Lipinski definition) is 3. The number of carbonyl (C=O) groups is 1. The summed E-state index contributed by atoms with van der Waals surface area (Å²) in [5.74, 6) is -0.147. The van der Waals surface area contributed by atoms with Crippen LogP contribution < -0.4 is 16.0 Å². The van der Waals surface area contributed by atoms with Crippen molar-refractivity contribution in [2.24, 2.45) is 0 Å². The van der Waals surface area contributed by atoms with E-state index in [0.717, 1.165) is 44.3 Å². The van der Waals surface area contributed by atoms with Gasteiger partial charge < -0.3 is 20.7 Å². The molecule has 0 spiro atoms. The number of amides is 1. The molecule has 34 heavy (non-hydrogen) atoms. The zero-order chi connectivity index (χ0) is 24.6. The standard InChI is InChI=1S/C25H31ClF3N3O2/c1-17-3-6-21(15-23(17)25(27,28)29)32-20-9-11-22(12-10-20)34-16-24(33)31-14-2-13-30-19-7-4-18(26)5-8-19/h3-8,15,20,22,30,32H,2,9-14,16H2,1H3,(H,31,33). The van der Waals surface area contributed by atoms with Crippen LogP contribution >= 0.6 is 11.6 Å². The number of anilines is 2. The lowest BCUT2D eigenvalue weighted by atomic mass is 9.92. The van der Waals surface area contributed by atoms with Gasteiger partial charge in [-0.3, -0.25) is 4.79 Å². The van der Waals surface area contributed by atoms with Crippen LogP contribution in [-0.2, 0) is 15.7 Å².